The van der Waals surface area contributed by atoms with Gasteiger partial charge < -0.3 is 9.64 Å². The van der Waals surface area contributed by atoms with E-state index >= 15 is 0 Å². The first kappa shape index (κ1) is 18.3. The maximum absolute atomic E-state index is 12.7. The fourth-order valence-corrected chi connectivity index (χ4v) is 5.18. The average Bonchev–Trinajstić information content (AvgIpc) is 2.68. The summed E-state index contributed by atoms with van der Waals surface area (Å²) in [4.78, 5) is 1.69. The first-order chi connectivity index (χ1) is 12.1. The molecule has 2 fully saturated rings. The molecule has 136 valence electrons. The first-order valence-electron chi connectivity index (χ1n) is 8.99. The van der Waals surface area contributed by atoms with Crippen molar-refractivity contribution >= 4 is 10.0 Å². The smallest absolute Gasteiger partial charge is 0.240 e. The Morgan fingerprint density at radius 1 is 1.12 bits per heavy atom. The van der Waals surface area contributed by atoms with Crippen LogP contribution >= 0.6 is 0 Å². The van der Waals surface area contributed by atoms with Gasteiger partial charge in [0.15, 0.2) is 0 Å². The molecule has 1 aliphatic heterocycles. The highest BCUT2D eigenvalue weighted by Gasteiger charge is 2.43. The van der Waals surface area contributed by atoms with Crippen molar-refractivity contribution in [2.24, 2.45) is 0 Å². The predicted molar refractivity (Wildman–Crippen MR) is 93.7 cm³/mol. The molecule has 2 N–H and O–H groups in total. The summed E-state index contributed by atoms with van der Waals surface area (Å²) in [5, 5.41) is 8.85. The molecule has 1 aliphatic carbocycles. The van der Waals surface area contributed by atoms with Gasteiger partial charge in [0, 0.05) is 12.8 Å². The largest absolute Gasteiger partial charge is 0.370 e. The van der Waals surface area contributed by atoms with Gasteiger partial charge in [-0.3, -0.25) is 0 Å². The van der Waals surface area contributed by atoms with E-state index in [9.17, 15) is 8.42 Å². The van der Waals surface area contributed by atoms with Crippen LogP contribution in [0.2, 0.25) is 0 Å². The van der Waals surface area contributed by atoms with Crippen molar-refractivity contribution in [2.75, 3.05) is 32.8 Å². The summed E-state index contributed by atoms with van der Waals surface area (Å²) in [7, 11) is -3.57. The van der Waals surface area contributed by atoms with Gasteiger partial charge in [-0.05, 0) is 37.1 Å². The van der Waals surface area contributed by atoms with Gasteiger partial charge in [-0.1, -0.05) is 6.42 Å². The maximum atomic E-state index is 12.7. The molecule has 0 radical (unpaired) electrons. The van der Waals surface area contributed by atoms with Crippen molar-refractivity contribution in [1.29, 1.82) is 5.26 Å². The Kier molecular flexibility index (Phi) is 5.74. The summed E-state index contributed by atoms with van der Waals surface area (Å²) in [6.07, 6.45) is 5.65. The number of nitrogens with zero attached hydrogens (tertiary/aromatic N) is 1. The number of morpholine rings is 1. The van der Waals surface area contributed by atoms with Crippen LogP contribution in [0.25, 0.3) is 0 Å². The topological polar surface area (TPSA) is 83.6 Å². The molecule has 1 saturated heterocycles. The first-order valence-corrected chi connectivity index (χ1v) is 10.5. The van der Waals surface area contributed by atoms with Crippen LogP contribution in [-0.2, 0) is 14.8 Å². The second-order valence-corrected chi connectivity index (χ2v) is 8.78. The Bertz CT molecular complexity index is 713. The number of sulfonamides is 1. The van der Waals surface area contributed by atoms with Crippen molar-refractivity contribution in [3.05, 3.63) is 29.8 Å². The Morgan fingerprint density at radius 2 is 1.76 bits per heavy atom. The Hall–Kier alpha value is -1.46. The van der Waals surface area contributed by atoms with E-state index < -0.39 is 10.0 Å². The summed E-state index contributed by atoms with van der Waals surface area (Å²) in [6, 6.07) is 8.08. The quantitative estimate of drug-likeness (QED) is 0.795. The molecule has 1 aromatic carbocycles. The Labute approximate surface area is 149 Å². The van der Waals surface area contributed by atoms with Gasteiger partial charge in [-0.2, -0.15) is 5.26 Å². The van der Waals surface area contributed by atoms with Crippen molar-refractivity contribution in [3.8, 4) is 6.07 Å². The average molecular weight is 364 g/mol. The van der Waals surface area contributed by atoms with E-state index in [0.29, 0.717) is 12.1 Å². The number of hydrogen-bond donors (Lipinski definition) is 2. The molecule has 1 saturated carbocycles. The number of nitriles is 1. The fourth-order valence-electron chi connectivity index (χ4n) is 4.06. The summed E-state index contributed by atoms with van der Waals surface area (Å²) < 4.78 is 33.7. The van der Waals surface area contributed by atoms with Gasteiger partial charge in [0.2, 0.25) is 10.0 Å². The summed E-state index contributed by atoms with van der Waals surface area (Å²) in [6.45, 7) is 3.85. The zero-order valence-corrected chi connectivity index (χ0v) is 15.3. The molecule has 0 amide bonds. The van der Waals surface area contributed by atoms with Gasteiger partial charge in [-0.25, -0.2) is 13.1 Å². The van der Waals surface area contributed by atoms with Gasteiger partial charge in [-0.15, -0.1) is 0 Å². The van der Waals surface area contributed by atoms with E-state index in [0.717, 1.165) is 52.0 Å². The molecule has 1 heterocycles. The molecule has 7 heteroatoms. The third kappa shape index (κ3) is 4.21. The Morgan fingerprint density at radius 3 is 2.36 bits per heavy atom. The number of hydrogen-bond acceptors (Lipinski definition) is 4. The summed E-state index contributed by atoms with van der Waals surface area (Å²) in [5.41, 5.74) is 0.433. The molecule has 0 bridgehead atoms. The standard InChI is InChI=1S/C18H25N3O3S/c19-14-16-4-6-17(7-5-16)25(22,23)20-15-18(8-2-1-3-9-18)21-10-12-24-13-11-21/h4-7,20H,1-3,8-13,15H2/p+1. The lowest BCUT2D eigenvalue weighted by Gasteiger charge is -2.44. The molecule has 0 spiro atoms. The lowest BCUT2D eigenvalue weighted by Crippen LogP contribution is -3.23. The van der Waals surface area contributed by atoms with Crippen LogP contribution in [0.4, 0.5) is 0 Å². The monoisotopic (exact) mass is 364 g/mol. The van der Waals surface area contributed by atoms with Gasteiger partial charge in [0.1, 0.15) is 18.6 Å². The predicted octanol–water partition coefficient (Wildman–Crippen LogP) is 0.455. The van der Waals surface area contributed by atoms with E-state index in [1.165, 1.54) is 35.6 Å². The minimum Gasteiger partial charge on any atom is -0.370 e. The Balaban J connectivity index is 1.74. The van der Waals surface area contributed by atoms with E-state index in [4.69, 9.17) is 10.00 Å². The molecule has 0 atom stereocenters. The van der Waals surface area contributed by atoms with Crippen molar-refractivity contribution in [2.45, 2.75) is 42.5 Å². The highest BCUT2D eigenvalue weighted by molar-refractivity contribution is 7.89. The lowest BCUT2D eigenvalue weighted by molar-refractivity contribution is -0.960. The third-order valence-corrected chi connectivity index (χ3v) is 6.97. The maximum Gasteiger partial charge on any atom is 0.240 e. The minimum atomic E-state index is -3.57. The van der Waals surface area contributed by atoms with E-state index in [-0.39, 0.29) is 10.4 Å². The number of rotatable bonds is 5. The van der Waals surface area contributed by atoms with Gasteiger partial charge in [0.05, 0.1) is 36.3 Å². The van der Waals surface area contributed by atoms with Crippen LogP contribution < -0.4 is 9.62 Å². The van der Waals surface area contributed by atoms with Crippen LogP contribution in [0.15, 0.2) is 29.2 Å². The second kappa shape index (κ2) is 7.83. The van der Waals surface area contributed by atoms with Crippen LogP contribution in [0.1, 0.15) is 37.7 Å². The highest BCUT2D eigenvalue weighted by atomic mass is 32.2. The molecule has 1 aromatic rings. The molecule has 6 nitrogen and oxygen atoms in total. The van der Waals surface area contributed by atoms with Gasteiger partial charge >= 0.3 is 0 Å². The van der Waals surface area contributed by atoms with Crippen molar-refractivity contribution in [3.63, 3.8) is 0 Å². The SMILES string of the molecule is N#Cc1ccc(S(=O)(=O)NCC2([NH+]3CCOCC3)CCCCC2)cc1. The second-order valence-electron chi connectivity index (χ2n) is 7.02. The van der Waals surface area contributed by atoms with Crippen LogP contribution in [-0.4, -0.2) is 46.8 Å². The van der Waals surface area contributed by atoms with E-state index in [2.05, 4.69) is 4.72 Å². The lowest BCUT2D eigenvalue weighted by atomic mass is 9.80. The molecular formula is C18H26N3O3S+. The molecule has 25 heavy (non-hydrogen) atoms. The fraction of sp³-hybridized carbons (Fsp3) is 0.611. The summed E-state index contributed by atoms with van der Waals surface area (Å²) >= 11 is 0. The third-order valence-electron chi connectivity index (χ3n) is 5.55. The number of ether oxygens (including phenoxy) is 1. The molecule has 0 unspecified atom stereocenters. The number of quaternary nitrogens is 1. The molecular weight excluding hydrogens is 338 g/mol. The van der Waals surface area contributed by atoms with Crippen molar-refractivity contribution < 1.29 is 18.1 Å². The zero-order valence-electron chi connectivity index (χ0n) is 14.5. The number of nitrogens with one attached hydrogen (secondary N) is 2. The highest BCUT2D eigenvalue weighted by Crippen LogP contribution is 2.26. The minimum absolute atomic E-state index is 0.0261. The van der Waals surface area contributed by atoms with Crippen LogP contribution in [0.5, 0.6) is 0 Å². The summed E-state index contributed by atoms with van der Waals surface area (Å²) in [5.74, 6) is 0. The van der Waals surface area contributed by atoms with Crippen LogP contribution in [0.3, 0.4) is 0 Å². The van der Waals surface area contributed by atoms with E-state index in [1.54, 1.807) is 0 Å². The van der Waals surface area contributed by atoms with E-state index in [1.807, 2.05) is 6.07 Å². The zero-order chi connectivity index (χ0) is 17.8. The van der Waals surface area contributed by atoms with Gasteiger partial charge in [0.25, 0.3) is 0 Å². The van der Waals surface area contributed by atoms with Crippen LogP contribution in [0, 0.1) is 11.3 Å². The molecule has 2 aliphatic rings. The molecule has 0 aromatic heterocycles. The number of benzene rings is 1. The normalized spacial score (nSPS) is 21.6. The molecule has 3 rings (SSSR count). The van der Waals surface area contributed by atoms with Crippen molar-refractivity contribution in [1.82, 2.24) is 4.72 Å².